The minimum atomic E-state index is -1.36. The molecule has 4 N–H and O–H groups in total. The van der Waals surface area contributed by atoms with Gasteiger partial charge in [-0.2, -0.15) is 4.98 Å². The lowest BCUT2D eigenvalue weighted by Crippen LogP contribution is -2.43. The van der Waals surface area contributed by atoms with E-state index in [0.29, 0.717) is 40.0 Å². The van der Waals surface area contributed by atoms with Gasteiger partial charge in [0, 0.05) is 17.1 Å². The van der Waals surface area contributed by atoms with Crippen molar-refractivity contribution in [3.8, 4) is 28.7 Å². The zero-order valence-corrected chi connectivity index (χ0v) is 16.8. The summed E-state index contributed by atoms with van der Waals surface area (Å²) in [5.74, 6) is 1.24. The molecule has 3 aromatic heterocycles. The zero-order chi connectivity index (χ0) is 21.3. The topological polar surface area (TPSA) is 141 Å². The molecule has 1 aromatic carbocycles. The quantitative estimate of drug-likeness (QED) is 0.403. The first-order valence-corrected chi connectivity index (χ1v) is 9.52. The summed E-state index contributed by atoms with van der Waals surface area (Å²) in [4.78, 5) is 8.57. The number of halogens is 1. The fourth-order valence-electron chi connectivity index (χ4n) is 2.88. The normalized spacial score (nSPS) is 11.9. The van der Waals surface area contributed by atoms with Crippen molar-refractivity contribution in [2.75, 3.05) is 19.8 Å². The second-order valence-corrected chi connectivity index (χ2v) is 7.11. The predicted molar refractivity (Wildman–Crippen MR) is 109 cm³/mol. The zero-order valence-electron chi connectivity index (χ0n) is 16.0. The molecule has 0 amide bonds. The van der Waals surface area contributed by atoms with Gasteiger partial charge in [0.2, 0.25) is 11.7 Å². The highest BCUT2D eigenvalue weighted by molar-refractivity contribution is 6.32. The molecule has 0 spiro atoms. The van der Waals surface area contributed by atoms with Crippen molar-refractivity contribution in [3.05, 3.63) is 47.3 Å². The maximum absolute atomic E-state index is 9.47. The summed E-state index contributed by atoms with van der Waals surface area (Å²) in [5.41, 5.74) is 6.42. The van der Waals surface area contributed by atoms with Gasteiger partial charge in [0.1, 0.15) is 21.9 Å². The molecule has 4 aromatic rings. The standard InChI is InChI=1S/C20H19ClN4O5/c1-2-28-19-14(21)6-13(8-23-19)18-24-17(25-30-18)11-3-4-15-12(5-11)7-16(29-15)20(22,9-26)10-27/h3-8,26-27H,2,9-10,22H2,1H3. The monoisotopic (exact) mass is 430 g/mol. The van der Waals surface area contributed by atoms with Crippen LogP contribution < -0.4 is 10.5 Å². The molecule has 0 aliphatic heterocycles. The minimum Gasteiger partial charge on any atom is -0.477 e. The van der Waals surface area contributed by atoms with Crippen molar-refractivity contribution in [1.29, 1.82) is 0 Å². The second-order valence-electron chi connectivity index (χ2n) is 6.70. The van der Waals surface area contributed by atoms with Crippen molar-refractivity contribution < 1.29 is 23.9 Å². The van der Waals surface area contributed by atoms with E-state index in [-0.39, 0.29) is 11.7 Å². The summed E-state index contributed by atoms with van der Waals surface area (Å²) in [6, 6.07) is 8.61. The molecular formula is C20H19ClN4O5. The number of aliphatic hydroxyl groups is 2. The third kappa shape index (κ3) is 3.63. The number of aromatic nitrogens is 3. The maximum Gasteiger partial charge on any atom is 0.259 e. The number of pyridine rings is 1. The highest BCUT2D eigenvalue weighted by Gasteiger charge is 2.30. The fourth-order valence-corrected chi connectivity index (χ4v) is 3.10. The number of nitrogens with two attached hydrogens (primary N) is 1. The van der Waals surface area contributed by atoms with Crippen LogP contribution in [0, 0.1) is 0 Å². The van der Waals surface area contributed by atoms with Gasteiger partial charge in [-0.3, -0.25) is 0 Å². The average Bonchev–Trinajstić information content (AvgIpc) is 3.42. The average molecular weight is 431 g/mol. The van der Waals surface area contributed by atoms with E-state index in [9.17, 15) is 10.2 Å². The lowest BCUT2D eigenvalue weighted by atomic mass is 10.00. The second kappa shape index (κ2) is 8.04. The van der Waals surface area contributed by atoms with Crippen LogP contribution in [0.25, 0.3) is 33.8 Å². The van der Waals surface area contributed by atoms with Gasteiger partial charge in [-0.25, -0.2) is 4.98 Å². The van der Waals surface area contributed by atoms with E-state index in [1.54, 1.807) is 36.5 Å². The SMILES string of the molecule is CCOc1ncc(-c2nc(-c3ccc4oc(C(N)(CO)CO)cc4c3)no2)cc1Cl. The molecule has 0 saturated carbocycles. The van der Waals surface area contributed by atoms with Gasteiger partial charge >= 0.3 is 0 Å². The van der Waals surface area contributed by atoms with Gasteiger partial charge in [0.05, 0.1) is 25.4 Å². The van der Waals surface area contributed by atoms with Crippen LogP contribution in [0.3, 0.4) is 0 Å². The van der Waals surface area contributed by atoms with E-state index in [2.05, 4.69) is 15.1 Å². The van der Waals surface area contributed by atoms with E-state index in [0.717, 1.165) is 5.39 Å². The van der Waals surface area contributed by atoms with Crippen LogP contribution in [-0.2, 0) is 5.54 Å². The molecule has 0 aliphatic rings. The summed E-state index contributed by atoms with van der Waals surface area (Å²) in [5, 5.41) is 24.0. The molecule has 10 heteroatoms. The Kier molecular flexibility index (Phi) is 5.44. The van der Waals surface area contributed by atoms with E-state index in [4.69, 9.17) is 31.0 Å². The number of hydrogen-bond donors (Lipinski definition) is 3. The summed E-state index contributed by atoms with van der Waals surface area (Å²) < 4.78 is 16.4. The first kappa shape index (κ1) is 20.3. The molecular weight excluding hydrogens is 412 g/mol. The molecule has 0 aliphatic carbocycles. The van der Waals surface area contributed by atoms with Crippen molar-refractivity contribution in [3.63, 3.8) is 0 Å². The Hall–Kier alpha value is -2.98. The van der Waals surface area contributed by atoms with Gasteiger partial charge in [0.15, 0.2) is 0 Å². The molecule has 0 fully saturated rings. The molecule has 0 atom stereocenters. The van der Waals surface area contributed by atoms with Gasteiger partial charge < -0.3 is 29.6 Å². The summed E-state index contributed by atoms with van der Waals surface area (Å²) in [6.45, 7) is 1.39. The lowest BCUT2D eigenvalue weighted by Gasteiger charge is -2.21. The van der Waals surface area contributed by atoms with Crippen LogP contribution in [0.4, 0.5) is 0 Å². The van der Waals surface area contributed by atoms with Crippen LogP contribution in [0.1, 0.15) is 12.7 Å². The van der Waals surface area contributed by atoms with Crippen molar-refractivity contribution in [2.45, 2.75) is 12.5 Å². The Labute approximate surface area is 176 Å². The molecule has 30 heavy (non-hydrogen) atoms. The number of furan rings is 1. The Morgan fingerprint density at radius 2 is 1.97 bits per heavy atom. The smallest absolute Gasteiger partial charge is 0.259 e. The molecule has 0 unspecified atom stereocenters. The number of nitrogens with zero attached hydrogens (tertiary/aromatic N) is 3. The first-order chi connectivity index (χ1) is 14.5. The highest BCUT2D eigenvalue weighted by atomic mass is 35.5. The summed E-state index contributed by atoms with van der Waals surface area (Å²) >= 11 is 6.18. The van der Waals surface area contributed by atoms with Gasteiger partial charge in [-0.15, -0.1) is 0 Å². The van der Waals surface area contributed by atoms with Crippen LogP contribution in [0.15, 0.2) is 45.5 Å². The molecule has 0 radical (unpaired) electrons. The van der Waals surface area contributed by atoms with E-state index in [1.807, 2.05) is 6.92 Å². The Bertz CT molecular complexity index is 1190. The number of rotatable bonds is 7. The van der Waals surface area contributed by atoms with Crippen LogP contribution in [0.5, 0.6) is 5.88 Å². The highest BCUT2D eigenvalue weighted by Crippen LogP contribution is 2.31. The fraction of sp³-hybridized carbons (Fsp3) is 0.250. The van der Waals surface area contributed by atoms with Crippen LogP contribution in [0.2, 0.25) is 5.02 Å². The Morgan fingerprint density at radius 3 is 2.67 bits per heavy atom. The van der Waals surface area contributed by atoms with Crippen molar-refractivity contribution in [1.82, 2.24) is 15.1 Å². The number of hydrogen-bond acceptors (Lipinski definition) is 9. The number of aliphatic hydroxyl groups excluding tert-OH is 2. The Balaban J connectivity index is 1.65. The lowest BCUT2D eigenvalue weighted by molar-refractivity contribution is 0.105. The molecule has 3 heterocycles. The van der Waals surface area contributed by atoms with E-state index in [1.165, 1.54) is 0 Å². The summed E-state index contributed by atoms with van der Waals surface area (Å²) in [7, 11) is 0. The number of fused-ring (bicyclic) bond motifs is 1. The molecule has 156 valence electrons. The molecule has 0 saturated heterocycles. The molecule has 0 bridgehead atoms. The number of benzene rings is 1. The minimum absolute atomic E-state index is 0.261. The molecule has 9 nitrogen and oxygen atoms in total. The van der Waals surface area contributed by atoms with E-state index < -0.39 is 18.8 Å². The van der Waals surface area contributed by atoms with Gasteiger partial charge in [-0.05, 0) is 37.3 Å². The Morgan fingerprint density at radius 1 is 1.17 bits per heavy atom. The van der Waals surface area contributed by atoms with Gasteiger partial charge in [0.25, 0.3) is 5.89 Å². The maximum atomic E-state index is 9.47. The van der Waals surface area contributed by atoms with Crippen molar-refractivity contribution in [2.24, 2.45) is 5.73 Å². The first-order valence-electron chi connectivity index (χ1n) is 9.15. The third-order valence-corrected chi connectivity index (χ3v) is 4.86. The predicted octanol–water partition coefficient (Wildman–Crippen LogP) is 2.74. The number of ether oxygens (including phenoxy) is 1. The van der Waals surface area contributed by atoms with Gasteiger partial charge in [-0.1, -0.05) is 16.8 Å². The summed E-state index contributed by atoms with van der Waals surface area (Å²) in [6.07, 6.45) is 1.55. The molecule has 4 rings (SSSR count). The van der Waals surface area contributed by atoms with Crippen LogP contribution >= 0.6 is 11.6 Å². The van der Waals surface area contributed by atoms with Crippen molar-refractivity contribution >= 4 is 22.6 Å². The van der Waals surface area contributed by atoms with Crippen LogP contribution in [-0.4, -0.2) is 45.2 Å². The third-order valence-electron chi connectivity index (χ3n) is 4.59. The largest absolute Gasteiger partial charge is 0.477 e. The van der Waals surface area contributed by atoms with E-state index >= 15 is 0 Å².